The van der Waals surface area contributed by atoms with Crippen molar-refractivity contribution in [1.29, 1.82) is 0 Å². The number of aliphatic carboxylic acids is 1. The second-order valence-corrected chi connectivity index (χ2v) is 6.95. The zero-order chi connectivity index (χ0) is 13.7. The molecular formula is C14H23NO3S. The number of nitrogens with one attached hydrogen (secondary N) is 1. The number of carboxylic acid groups (broad SMARTS) is 1. The maximum absolute atomic E-state index is 11.8. The fourth-order valence-electron chi connectivity index (χ4n) is 2.75. The number of thioether (sulfide) groups is 1. The first-order chi connectivity index (χ1) is 9.10. The highest BCUT2D eigenvalue weighted by atomic mass is 32.2. The average molecular weight is 285 g/mol. The number of carboxylic acids is 1. The predicted molar refractivity (Wildman–Crippen MR) is 76.3 cm³/mol. The van der Waals surface area contributed by atoms with E-state index in [4.69, 9.17) is 5.11 Å². The molecule has 19 heavy (non-hydrogen) atoms. The van der Waals surface area contributed by atoms with Crippen LogP contribution in [0.4, 0.5) is 0 Å². The van der Waals surface area contributed by atoms with Crippen molar-refractivity contribution in [2.45, 2.75) is 57.4 Å². The Hall–Kier alpha value is -0.710. The number of hydrogen-bond donors (Lipinski definition) is 2. The van der Waals surface area contributed by atoms with Crippen LogP contribution in [0.25, 0.3) is 0 Å². The van der Waals surface area contributed by atoms with Crippen LogP contribution in [0, 0.1) is 5.41 Å². The van der Waals surface area contributed by atoms with E-state index in [2.05, 4.69) is 5.32 Å². The standard InChI is InChI=1S/C14H23NO3S/c16-12(15-11-4-2-1-3-5-11)9-19-10-14(6-7-14)8-13(17)18/h11H,1-10H2,(H,15,16)(H,17,18). The Balaban J connectivity index is 1.60. The van der Waals surface area contributed by atoms with E-state index in [1.54, 1.807) is 11.8 Å². The lowest BCUT2D eigenvalue weighted by atomic mass is 9.95. The van der Waals surface area contributed by atoms with E-state index in [9.17, 15) is 9.59 Å². The van der Waals surface area contributed by atoms with Crippen LogP contribution < -0.4 is 5.32 Å². The molecule has 0 spiro atoms. The molecule has 2 fully saturated rings. The lowest BCUT2D eigenvalue weighted by molar-refractivity contribution is -0.138. The fourth-order valence-corrected chi connectivity index (χ4v) is 3.94. The van der Waals surface area contributed by atoms with Gasteiger partial charge in [-0.25, -0.2) is 0 Å². The van der Waals surface area contributed by atoms with Crippen LogP contribution >= 0.6 is 11.8 Å². The monoisotopic (exact) mass is 285 g/mol. The summed E-state index contributed by atoms with van der Waals surface area (Å²) in [5, 5.41) is 11.9. The summed E-state index contributed by atoms with van der Waals surface area (Å²) in [7, 11) is 0. The summed E-state index contributed by atoms with van der Waals surface area (Å²) in [6, 6.07) is 0.371. The van der Waals surface area contributed by atoms with Crippen molar-refractivity contribution in [2.24, 2.45) is 5.41 Å². The van der Waals surface area contributed by atoms with Gasteiger partial charge in [0.2, 0.25) is 5.91 Å². The van der Waals surface area contributed by atoms with E-state index < -0.39 is 5.97 Å². The van der Waals surface area contributed by atoms with Crippen molar-refractivity contribution in [3.63, 3.8) is 0 Å². The van der Waals surface area contributed by atoms with E-state index in [1.807, 2.05) is 0 Å². The maximum Gasteiger partial charge on any atom is 0.303 e. The molecule has 2 saturated carbocycles. The number of hydrogen-bond acceptors (Lipinski definition) is 3. The second-order valence-electron chi connectivity index (χ2n) is 5.97. The van der Waals surface area contributed by atoms with Gasteiger partial charge >= 0.3 is 5.97 Å². The molecule has 0 unspecified atom stereocenters. The minimum absolute atomic E-state index is 0.0123. The van der Waals surface area contributed by atoms with Crippen LogP contribution in [0.1, 0.15) is 51.4 Å². The molecule has 108 valence electrons. The Morgan fingerprint density at radius 1 is 1.21 bits per heavy atom. The molecule has 0 aliphatic heterocycles. The van der Waals surface area contributed by atoms with Crippen LogP contribution in [0.15, 0.2) is 0 Å². The van der Waals surface area contributed by atoms with Crippen molar-refractivity contribution >= 4 is 23.6 Å². The first kappa shape index (κ1) is 14.7. The van der Waals surface area contributed by atoms with Crippen LogP contribution in [-0.2, 0) is 9.59 Å². The molecule has 0 saturated heterocycles. The quantitative estimate of drug-likeness (QED) is 0.754. The molecular weight excluding hydrogens is 262 g/mol. The zero-order valence-electron chi connectivity index (χ0n) is 11.3. The van der Waals surface area contributed by atoms with Gasteiger partial charge in [-0.3, -0.25) is 9.59 Å². The van der Waals surface area contributed by atoms with E-state index in [0.29, 0.717) is 11.8 Å². The molecule has 1 amide bonds. The predicted octanol–water partition coefficient (Wildman–Crippen LogP) is 2.42. The second kappa shape index (κ2) is 6.64. The molecule has 2 N–H and O–H groups in total. The summed E-state index contributed by atoms with van der Waals surface area (Å²) in [6.45, 7) is 0. The first-order valence-corrected chi connectivity index (χ1v) is 8.34. The van der Waals surface area contributed by atoms with Crippen LogP contribution in [-0.4, -0.2) is 34.5 Å². The van der Waals surface area contributed by atoms with Crippen molar-refractivity contribution in [1.82, 2.24) is 5.32 Å². The molecule has 0 radical (unpaired) electrons. The van der Waals surface area contributed by atoms with Gasteiger partial charge in [0.05, 0.1) is 12.2 Å². The SMILES string of the molecule is O=C(O)CC1(CSCC(=O)NC2CCCCC2)CC1. The number of rotatable bonds is 7. The van der Waals surface area contributed by atoms with Gasteiger partial charge in [-0.1, -0.05) is 19.3 Å². The summed E-state index contributed by atoms with van der Waals surface area (Å²) >= 11 is 1.59. The molecule has 2 aliphatic rings. The number of carbonyl (C=O) groups is 2. The minimum Gasteiger partial charge on any atom is -0.481 e. The smallest absolute Gasteiger partial charge is 0.303 e. The molecule has 0 aromatic heterocycles. The van der Waals surface area contributed by atoms with Gasteiger partial charge in [0, 0.05) is 6.04 Å². The van der Waals surface area contributed by atoms with Gasteiger partial charge in [-0.2, -0.15) is 11.8 Å². The minimum atomic E-state index is -0.718. The van der Waals surface area contributed by atoms with Gasteiger partial charge in [-0.15, -0.1) is 0 Å². The lowest BCUT2D eigenvalue weighted by Crippen LogP contribution is -2.37. The van der Waals surface area contributed by atoms with E-state index in [0.717, 1.165) is 31.4 Å². The van der Waals surface area contributed by atoms with Crippen LogP contribution in [0.2, 0.25) is 0 Å². The highest BCUT2D eigenvalue weighted by Gasteiger charge is 2.44. The van der Waals surface area contributed by atoms with Crippen molar-refractivity contribution < 1.29 is 14.7 Å². The fraction of sp³-hybridized carbons (Fsp3) is 0.857. The Bertz CT molecular complexity index is 336. The van der Waals surface area contributed by atoms with E-state index >= 15 is 0 Å². The summed E-state index contributed by atoms with van der Waals surface area (Å²) in [5.41, 5.74) is -0.0123. The third-order valence-electron chi connectivity index (χ3n) is 4.10. The largest absolute Gasteiger partial charge is 0.481 e. The third-order valence-corrected chi connectivity index (χ3v) is 5.38. The summed E-state index contributed by atoms with van der Waals surface area (Å²) in [5.74, 6) is 0.669. The average Bonchev–Trinajstić information content (AvgIpc) is 3.09. The van der Waals surface area contributed by atoms with Crippen LogP contribution in [0.3, 0.4) is 0 Å². The maximum atomic E-state index is 11.8. The van der Waals surface area contributed by atoms with Crippen molar-refractivity contribution in [3.05, 3.63) is 0 Å². The van der Waals surface area contributed by atoms with E-state index in [-0.39, 0.29) is 17.7 Å². The lowest BCUT2D eigenvalue weighted by Gasteiger charge is -2.22. The Morgan fingerprint density at radius 2 is 1.89 bits per heavy atom. The van der Waals surface area contributed by atoms with Crippen molar-refractivity contribution in [2.75, 3.05) is 11.5 Å². The summed E-state index contributed by atoms with van der Waals surface area (Å²) in [6.07, 6.45) is 8.20. The van der Waals surface area contributed by atoms with Crippen LogP contribution in [0.5, 0.6) is 0 Å². The van der Waals surface area contributed by atoms with Gasteiger partial charge in [-0.05, 0) is 36.9 Å². The number of carbonyl (C=O) groups excluding carboxylic acids is 1. The highest BCUT2D eigenvalue weighted by Crippen LogP contribution is 2.50. The molecule has 0 aromatic carbocycles. The van der Waals surface area contributed by atoms with Gasteiger partial charge in [0.15, 0.2) is 0 Å². The summed E-state index contributed by atoms with van der Waals surface area (Å²) < 4.78 is 0. The Morgan fingerprint density at radius 3 is 2.47 bits per heavy atom. The number of amides is 1. The third kappa shape index (κ3) is 5.05. The first-order valence-electron chi connectivity index (χ1n) is 7.19. The molecule has 5 heteroatoms. The highest BCUT2D eigenvalue weighted by molar-refractivity contribution is 7.99. The molecule has 2 rings (SSSR count). The molecule has 0 aromatic rings. The molecule has 0 atom stereocenters. The normalized spacial score (nSPS) is 21.9. The Kier molecular flexibility index (Phi) is 5.13. The van der Waals surface area contributed by atoms with Gasteiger partial charge in [0.25, 0.3) is 0 Å². The topological polar surface area (TPSA) is 66.4 Å². The molecule has 4 nitrogen and oxygen atoms in total. The molecule has 0 bridgehead atoms. The molecule has 0 heterocycles. The Labute approximate surface area is 118 Å². The van der Waals surface area contributed by atoms with E-state index in [1.165, 1.54) is 19.3 Å². The zero-order valence-corrected chi connectivity index (χ0v) is 12.1. The summed E-state index contributed by atoms with van der Waals surface area (Å²) in [4.78, 5) is 22.5. The van der Waals surface area contributed by atoms with Gasteiger partial charge in [0.1, 0.15) is 0 Å². The van der Waals surface area contributed by atoms with Crippen molar-refractivity contribution in [3.8, 4) is 0 Å². The van der Waals surface area contributed by atoms with Gasteiger partial charge < -0.3 is 10.4 Å². The molecule has 2 aliphatic carbocycles.